The lowest BCUT2D eigenvalue weighted by Crippen LogP contribution is -1.87. The first kappa shape index (κ1) is 14.0. The van der Waals surface area contributed by atoms with Crippen LogP contribution in [0, 0.1) is 25.2 Å². The maximum absolute atomic E-state index is 9.36. The molecule has 0 aliphatic rings. The van der Waals surface area contributed by atoms with Gasteiger partial charge in [0.05, 0.1) is 5.56 Å². The van der Waals surface area contributed by atoms with Gasteiger partial charge in [0.25, 0.3) is 0 Å². The fraction of sp³-hybridized carbons (Fsp3) is 0.188. The van der Waals surface area contributed by atoms with Crippen molar-refractivity contribution in [3.8, 4) is 6.07 Å². The third-order valence-electron chi connectivity index (χ3n) is 2.88. The summed E-state index contributed by atoms with van der Waals surface area (Å²) in [6.45, 7) is 4.19. The van der Waals surface area contributed by atoms with Gasteiger partial charge in [0.1, 0.15) is 6.07 Å². The van der Waals surface area contributed by atoms with Crippen molar-refractivity contribution in [3.05, 3.63) is 53.1 Å². The fourth-order valence-corrected chi connectivity index (χ4v) is 3.57. The van der Waals surface area contributed by atoms with Gasteiger partial charge in [-0.3, -0.25) is 0 Å². The summed E-state index contributed by atoms with van der Waals surface area (Å²) in [7, 11) is 0. The fourth-order valence-electron chi connectivity index (χ4n) is 1.81. The van der Waals surface area contributed by atoms with Crippen LogP contribution in [0.5, 0.6) is 0 Å². The molecule has 0 saturated carbocycles. The van der Waals surface area contributed by atoms with Crippen LogP contribution in [0.2, 0.25) is 0 Å². The molecular formula is C16H15NS2. The Balaban J connectivity index is 2.44. The largest absolute Gasteiger partial charge is 0.192 e. The first-order chi connectivity index (χ1) is 9.15. The van der Waals surface area contributed by atoms with Crippen molar-refractivity contribution in [2.75, 3.05) is 6.26 Å². The molecule has 19 heavy (non-hydrogen) atoms. The van der Waals surface area contributed by atoms with Crippen LogP contribution in [0.3, 0.4) is 0 Å². The molecule has 0 fully saturated rings. The highest BCUT2D eigenvalue weighted by atomic mass is 32.2. The second kappa shape index (κ2) is 6.18. The van der Waals surface area contributed by atoms with Gasteiger partial charge in [0.15, 0.2) is 0 Å². The molecule has 1 nitrogen and oxygen atoms in total. The summed E-state index contributed by atoms with van der Waals surface area (Å²) in [5, 5.41) is 9.36. The first-order valence-corrected chi connectivity index (χ1v) is 8.02. The molecule has 0 aromatic heterocycles. The summed E-state index contributed by atoms with van der Waals surface area (Å²) in [6, 6.07) is 14.8. The van der Waals surface area contributed by atoms with Crippen molar-refractivity contribution in [1.29, 1.82) is 5.26 Å². The molecule has 0 aliphatic carbocycles. The summed E-state index contributed by atoms with van der Waals surface area (Å²) < 4.78 is 0. The lowest BCUT2D eigenvalue weighted by molar-refractivity contribution is 1.23. The Morgan fingerprint density at radius 2 is 1.74 bits per heavy atom. The van der Waals surface area contributed by atoms with Crippen LogP contribution in [-0.2, 0) is 0 Å². The topological polar surface area (TPSA) is 23.8 Å². The molecule has 0 radical (unpaired) electrons. The highest BCUT2D eigenvalue weighted by Gasteiger charge is 2.10. The zero-order valence-corrected chi connectivity index (χ0v) is 12.9. The predicted molar refractivity (Wildman–Crippen MR) is 83.0 cm³/mol. The molecule has 2 rings (SSSR count). The van der Waals surface area contributed by atoms with Crippen LogP contribution >= 0.6 is 23.5 Å². The monoisotopic (exact) mass is 285 g/mol. The highest BCUT2D eigenvalue weighted by Crippen LogP contribution is 2.36. The van der Waals surface area contributed by atoms with Gasteiger partial charge in [-0.1, -0.05) is 30.0 Å². The Labute approximate surface area is 123 Å². The Morgan fingerprint density at radius 3 is 2.42 bits per heavy atom. The number of aryl methyl sites for hydroxylation is 2. The van der Waals surface area contributed by atoms with Crippen LogP contribution in [0.25, 0.3) is 0 Å². The summed E-state index contributed by atoms with van der Waals surface area (Å²) >= 11 is 3.29. The summed E-state index contributed by atoms with van der Waals surface area (Å²) in [4.78, 5) is 3.29. The molecule has 0 aliphatic heterocycles. The Hall–Kier alpha value is -1.37. The summed E-state index contributed by atoms with van der Waals surface area (Å²) in [5.41, 5.74) is 3.27. The van der Waals surface area contributed by atoms with E-state index in [1.54, 1.807) is 23.5 Å². The van der Waals surface area contributed by atoms with E-state index in [1.807, 2.05) is 24.5 Å². The van der Waals surface area contributed by atoms with Crippen molar-refractivity contribution < 1.29 is 0 Å². The number of nitrogens with zero attached hydrogens (tertiary/aromatic N) is 1. The first-order valence-electron chi connectivity index (χ1n) is 5.98. The standard InChI is InChI=1S/C16H15NS2/c1-11-7-8-12(2)16(9-11)19-15-6-4-5-14(18-3)13(15)10-17/h4-9H,1-3H3. The van der Waals surface area contributed by atoms with Gasteiger partial charge in [-0.15, -0.1) is 11.8 Å². The maximum Gasteiger partial charge on any atom is 0.101 e. The van der Waals surface area contributed by atoms with Crippen molar-refractivity contribution in [2.24, 2.45) is 0 Å². The SMILES string of the molecule is CSc1cccc(Sc2cc(C)ccc2C)c1C#N. The molecule has 96 valence electrons. The van der Waals surface area contributed by atoms with E-state index in [-0.39, 0.29) is 0 Å². The molecular weight excluding hydrogens is 270 g/mol. The lowest BCUT2D eigenvalue weighted by atomic mass is 10.2. The highest BCUT2D eigenvalue weighted by molar-refractivity contribution is 8.00. The van der Waals surface area contributed by atoms with Crippen molar-refractivity contribution in [3.63, 3.8) is 0 Å². The Bertz CT molecular complexity index is 642. The zero-order valence-electron chi connectivity index (χ0n) is 11.2. The van der Waals surface area contributed by atoms with Crippen LogP contribution in [-0.4, -0.2) is 6.26 Å². The molecule has 0 heterocycles. The van der Waals surface area contributed by atoms with E-state index in [0.717, 1.165) is 15.4 Å². The van der Waals surface area contributed by atoms with Crippen LogP contribution < -0.4 is 0 Å². The number of thioether (sulfide) groups is 1. The molecule has 0 spiro atoms. The predicted octanol–water partition coefficient (Wildman–Crippen LogP) is 5.05. The van der Waals surface area contributed by atoms with E-state index in [9.17, 15) is 5.26 Å². The molecule has 2 aromatic carbocycles. The second-order valence-electron chi connectivity index (χ2n) is 4.32. The number of nitriles is 1. The van der Waals surface area contributed by atoms with Crippen molar-refractivity contribution >= 4 is 23.5 Å². The van der Waals surface area contributed by atoms with E-state index in [1.165, 1.54) is 16.0 Å². The minimum Gasteiger partial charge on any atom is -0.192 e. The smallest absolute Gasteiger partial charge is 0.101 e. The second-order valence-corrected chi connectivity index (χ2v) is 6.25. The van der Waals surface area contributed by atoms with Gasteiger partial charge < -0.3 is 0 Å². The van der Waals surface area contributed by atoms with Crippen molar-refractivity contribution in [1.82, 2.24) is 0 Å². The number of hydrogen-bond acceptors (Lipinski definition) is 3. The summed E-state index contributed by atoms with van der Waals surface area (Å²) in [5.74, 6) is 0. The van der Waals surface area contributed by atoms with Crippen LogP contribution in [0.1, 0.15) is 16.7 Å². The van der Waals surface area contributed by atoms with E-state index < -0.39 is 0 Å². The minimum atomic E-state index is 0.779. The van der Waals surface area contributed by atoms with Crippen molar-refractivity contribution in [2.45, 2.75) is 28.5 Å². The molecule has 0 bridgehead atoms. The molecule has 0 N–H and O–H groups in total. The average molecular weight is 285 g/mol. The van der Waals surface area contributed by atoms with Gasteiger partial charge >= 0.3 is 0 Å². The van der Waals surface area contributed by atoms with Gasteiger partial charge in [0.2, 0.25) is 0 Å². The van der Waals surface area contributed by atoms with Crippen LogP contribution in [0.4, 0.5) is 0 Å². The number of benzene rings is 2. The molecule has 3 heteroatoms. The van der Waals surface area contributed by atoms with Gasteiger partial charge in [0, 0.05) is 14.7 Å². The van der Waals surface area contributed by atoms with Gasteiger partial charge in [-0.25, -0.2) is 0 Å². The molecule has 0 atom stereocenters. The zero-order chi connectivity index (χ0) is 13.8. The Morgan fingerprint density at radius 1 is 1.00 bits per heavy atom. The maximum atomic E-state index is 9.36. The third kappa shape index (κ3) is 3.15. The lowest BCUT2D eigenvalue weighted by Gasteiger charge is -2.10. The normalized spacial score (nSPS) is 10.2. The number of rotatable bonds is 3. The average Bonchev–Trinajstić information content (AvgIpc) is 2.42. The molecule has 0 saturated heterocycles. The van der Waals surface area contributed by atoms with Crippen LogP contribution in [0.15, 0.2) is 51.1 Å². The molecule has 0 unspecified atom stereocenters. The van der Waals surface area contributed by atoms with E-state index in [2.05, 4.69) is 38.1 Å². The van der Waals surface area contributed by atoms with Gasteiger partial charge in [-0.05, 0) is 49.4 Å². The van der Waals surface area contributed by atoms with Gasteiger partial charge in [-0.2, -0.15) is 5.26 Å². The van der Waals surface area contributed by atoms with E-state index in [0.29, 0.717) is 0 Å². The Kier molecular flexibility index (Phi) is 4.57. The van der Waals surface area contributed by atoms with E-state index >= 15 is 0 Å². The summed E-state index contributed by atoms with van der Waals surface area (Å²) in [6.07, 6.45) is 2.00. The number of hydrogen-bond donors (Lipinski definition) is 0. The van der Waals surface area contributed by atoms with E-state index in [4.69, 9.17) is 0 Å². The minimum absolute atomic E-state index is 0.779. The third-order valence-corrected chi connectivity index (χ3v) is 4.88. The quantitative estimate of drug-likeness (QED) is 0.737. The molecule has 2 aromatic rings. The molecule has 0 amide bonds.